The number of thioether (sulfide) groups is 1. The summed E-state index contributed by atoms with van der Waals surface area (Å²) in [5.74, 6) is 0.622. The average molecular weight is 352 g/mol. The number of hydrogen-bond acceptors (Lipinski definition) is 5. The van der Waals surface area contributed by atoms with Gasteiger partial charge in [0.05, 0.1) is 23.2 Å². The number of carbonyl (C=O) groups is 1. The molecule has 3 aromatic rings. The van der Waals surface area contributed by atoms with E-state index in [1.807, 2.05) is 42.5 Å². The molecule has 4 nitrogen and oxygen atoms in total. The molecule has 3 heterocycles. The summed E-state index contributed by atoms with van der Waals surface area (Å²) in [6.07, 6.45) is 5.22. The standard InChI is InChI=1S/C18H12N2O2S2/c21-17-16(24-18(23)20(17)11-14-4-2-8-22-14)10-12-5-6-15-13(9-12)3-1-7-19-15/h1-10H,11H2/b16-10+. The van der Waals surface area contributed by atoms with Crippen LogP contribution in [0.2, 0.25) is 0 Å². The summed E-state index contributed by atoms with van der Waals surface area (Å²) in [6.45, 7) is 0.358. The molecule has 0 bridgehead atoms. The number of benzene rings is 1. The van der Waals surface area contributed by atoms with Crippen LogP contribution in [0.4, 0.5) is 0 Å². The van der Waals surface area contributed by atoms with Gasteiger partial charge in [0, 0.05) is 11.6 Å². The molecular weight excluding hydrogens is 340 g/mol. The molecule has 0 aliphatic carbocycles. The van der Waals surface area contributed by atoms with E-state index in [4.69, 9.17) is 16.6 Å². The predicted octanol–water partition coefficient (Wildman–Crippen LogP) is 4.23. The van der Waals surface area contributed by atoms with Gasteiger partial charge in [-0.15, -0.1) is 0 Å². The zero-order valence-electron chi connectivity index (χ0n) is 12.5. The van der Waals surface area contributed by atoms with E-state index in [2.05, 4.69) is 4.98 Å². The van der Waals surface area contributed by atoms with Gasteiger partial charge in [-0.1, -0.05) is 36.1 Å². The number of fused-ring (bicyclic) bond motifs is 1. The minimum atomic E-state index is -0.0901. The van der Waals surface area contributed by atoms with Crippen LogP contribution < -0.4 is 0 Å². The van der Waals surface area contributed by atoms with Crippen LogP contribution in [0.15, 0.2) is 64.2 Å². The van der Waals surface area contributed by atoms with Crippen molar-refractivity contribution >= 4 is 51.2 Å². The van der Waals surface area contributed by atoms with Gasteiger partial charge >= 0.3 is 0 Å². The van der Waals surface area contributed by atoms with E-state index in [9.17, 15) is 4.79 Å². The van der Waals surface area contributed by atoms with Gasteiger partial charge in [0.15, 0.2) is 0 Å². The number of furan rings is 1. The third-order valence-electron chi connectivity index (χ3n) is 3.69. The molecule has 4 rings (SSSR count). The number of nitrogens with zero attached hydrogens (tertiary/aromatic N) is 2. The fourth-order valence-electron chi connectivity index (χ4n) is 2.53. The van der Waals surface area contributed by atoms with Crippen molar-refractivity contribution in [3.05, 3.63) is 71.2 Å². The molecule has 0 radical (unpaired) electrons. The van der Waals surface area contributed by atoms with E-state index in [1.54, 1.807) is 23.4 Å². The van der Waals surface area contributed by atoms with Gasteiger partial charge in [0.25, 0.3) is 5.91 Å². The first-order chi connectivity index (χ1) is 11.7. The van der Waals surface area contributed by atoms with Crippen LogP contribution in [-0.2, 0) is 11.3 Å². The Kier molecular flexibility index (Phi) is 3.92. The lowest BCUT2D eigenvalue weighted by Crippen LogP contribution is -2.27. The van der Waals surface area contributed by atoms with E-state index in [-0.39, 0.29) is 5.91 Å². The van der Waals surface area contributed by atoms with Crippen LogP contribution in [0.25, 0.3) is 17.0 Å². The second kappa shape index (κ2) is 6.22. The quantitative estimate of drug-likeness (QED) is 0.521. The summed E-state index contributed by atoms with van der Waals surface area (Å²) >= 11 is 6.65. The molecule has 0 spiro atoms. The van der Waals surface area contributed by atoms with Crippen LogP contribution in [0, 0.1) is 0 Å². The lowest BCUT2D eigenvalue weighted by Gasteiger charge is -2.11. The molecule has 1 aromatic carbocycles. The summed E-state index contributed by atoms with van der Waals surface area (Å²) in [5, 5.41) is 1.04. The number of rotatable bonds is 3. The maximum Gasteiger partial charge on any atom is 0.266 e. The van der Waals surface area contributed by atoms with Crippen molar-refractivity contribution in [2.75, 3.05) is 0 Å². The lowest BCUT2D eigenvalue weighted by molar-refractivity contribution is -0.122. The highest BCUT2D eigenvalue weighted by atomic mass is 32.2. The molecule has 1 amide bonds. The number of carbonyl (C=O) groups excluding carboxylic acids is 1. The molecule has 118 valence electrons. The van der Waals surface area contributed by atoms with E-state index in [0.29, 0.717) is 21.5 Å². The summed E-state index contributed by atoms with van der Waals surface area (Å²) < 4.78 is 5.85. The smallest absolute Gasteiger partial charge is 0.266 e. The molecule has 0 atom stereocenters. The maximum absolute atomic E-state index is 12.6. The van der Waals surface area contributed by atoms with Gasteiger partial charge < -0.3 is 4.42 Å². The van der Waals surface area contributed by atoms with Crippen LogP contribution >= 0.6 is 24.0 Å². The van der Waals surface area contributed by atoms with Crippen molar-refractivity contribution in [3.63, 3.8) is 0 Å². The van der Waals surface area contributed by atoms with Crippen molar-refractivity contribution in [1.29, 1.82) is 0 Å². The number of aromatic nitrogens is 1. The fraction of sp³-hybridized carbons (Fsp3) is 0.0556. The van der Waals surface area contributed by atoms with Crippen molar-refractivity contribution < 1.29 is 9.21 Å². The SMILES string of the molecule is O=C1/C(=C\c2ccc3ncccc3c2)SC(=S)N1Cc1ccco1. The monoisotopic (exact) mass is 352 g/mol. The highest BCUT2D eigenvalue weighted by Gasteiger charge is 2.32. The van der Waals surface area contributed by atoms with Crippen molar-refractivity contribution in [3.8, 4) is 0 Å². The van der Waals surface area contributed by atoms with Crippen LogP contribution in [0.1, 0.15) is 11.3 Å². The van der Waals surface area contributed by atoms with E-state index in [1.165, 1.54) is 11.8 Å². The van der Waals surface area contributed by atoms with Crippen molar-refractivity contribution in [2.45, 2.75) is 6.54 Å². The van der Waals surface area contributed by atoms with Crippen LogP contribution in [0.3, 0.4) is 0 Å². The minimum absolute atomic E-state index is 0.0901. The Hall–Kier alpha value is -2.44. The first kappa shape index (κ1) is 15.1. The Labute approximate surface area is 148 Å². The van der Waals surface area contributed by atoms with Gasteiger partial charge in [0.1, 0.15) is 10.1 Å². The predicted molar refractivity (Wildman–Crippen MR) is 99.2 cm³/mol. The number of hydrogen-bond donors (Lipinski definition) is 0. The van der Waals surface area contributed by atoms with Crippen LogP contribution in [0.5, 0.6) is 0 Å². The topological polar surface area (TPSA) is 46.3 Å². The molecule has 0 unspecified atom stereocenters. The Morgan fingerprint density at radius 3 is 3.00 bits per heavy atom. The molecule has 0 saturated carbocycles. The Bertz CT molecular complexity index is 964. The second-order valence-electron chi connectivity index (χ2n) is 5.30. The Morgan fingerprint density at radius 1 is 1.25 bits per heavy atom. The largest absolute Gasteiger partial charge is 0.467 e. The molecule has 2 aromatic heterocycles. The fourth-order valence-corrected chi connectivity index (χ4v) is 3.79. The number of pyridine rings is 1. The normalized spacial score (nSPS) is 16.5. The summed E-state index contributed by atoms with van der Waals surface area (Å²) in [5.41, 5.74) is 1.88. The highest BCUT2D eigenvalue weighted by molar-refractivity contribution is 8.26. The Morgan fingerprint density at radius 2 is 2.17 bits per heavy atom. The molecule has 24 heavy (non-hydrogen) atoms. The minimum Gasteiger partial charge on any atom is -0.467 e. The third-order valence-corrected chi connectivity index (χ3v) is 5.07. The summed E-state index contributed by atoms with van der Waals surface area (Å²) in [4.78, 5) is 19.1. The maximum atomic E-state index is 12.6. The van der Waals surface area contributed by atoms with E-state index >= 15 is 0 Å². The van der Waals surface area contributed by atoms with Gasteiger partial charge in [-0.2, -0.15) is 0 Å². The van der Waals surface area contributed by atoms with E-state index in [0.717, 1.165) is 16.5 Å². The van der Waals surface area contributed by atoms with Gasteiger partial charge in [-0.3, -0.25) is 14.7 Å². The van der Waals surface area contributed by atoms with Gasteiger partial charge in [-0.05, 0) is 42.0 Å². The third kappa shape index (κ3) is 2.86. The molecule has 1 aliphatic heterocycles. The van der Waals surface area contributed by atoms with E-state index < -0.39 is 0 Å². The first-order valence-corrected chi connectivity index (χ1v) is 8.56. The average Bonchev–Trinajstić information content (AvgIpc) is 3.19. The van der Waals surface area contributed by atoms with Gasteiger partial charge in [-0.25, -0.2) is 0 Å². The molecule has 1 saturated heterocycles. The zero-order valence-corrected chi connectivity index (χ0v) is 14.1. The molecule has 0 N–H and O–H groups in total. The van der Waals surface area contributed by atoms with Crippen molar-refractivity contribution in [2.24, 2.45) is 0 Å². The van der Waals surface area contributed by atoms with Crippen LogP contribution in [-0.4, -0.2) is 20.1 Å². The zero-order chi connectivity index (χ0) is 16.5. The lowest BCUT2D eigenvalue weighted by atomic mass is 10.1. The van der Waals surface area contributed by atoms with Gasteiger partial charge in [0.2, 0.25) is 0 Å². The Balaban J connectivity index is 1.62. The molecule has 1 fully saturated rings. The molecular formula is C18H12N2O2S2. The highest BCUT2D eigenvalue weighted by Crippen LogP contribution is 2.33. The number of amides is 1. The molecule has 6 heteroatoms. The summed E-state index contributed by atoms with van der Waals surface area (Å²) in [6, 6.07) is 13.4. The van der Waals surface area contributed by atoms with Crippen molar-refractivity contribution in [1.82, 2.24) is 9.88 Å². The molecule has 1 aliphatic rings. The first-order valence-electron chi connectivity index (χ1n) is 7.33. The number of thiocarbonyl (C=S) groups is 1. The summed E-state index contributed by atoms with van der Waals surface area (Å²) in [7, 11) is 0. The second-order valence-corrected chi connectivity index (χ2v) is 6.98.